The van der Waals surface area contributed by atoms with Crippen LogP contribution >= 0.6 is 0 Å². The minimum Gasteiger partial charge on any atom is -0.366 e. The number of hydrogen-bond donors (Lipinski definition) is 3. The number of aryl methyl sites for hydroxylation is 1. The maximum absolute atomic E-state index is 11.7. The molecular formula is C11H14N6O. The molecule has 18 heavy (non-hydrogen) atoms. The van der Waals surface area contributed by atoms with Crippen LogP contribution in [0.25, 0.3) is 0 Å². The quantitative estimate of drug-likeness (QED) is 0.717. The normalized spacial score (nSPS) is 10.3. The summed E-state index contributed by atoms with van der Waals surface area (Å²) in [7, 11) is 0. The lowest BCUT2D eigenvalue weighted by Crippen LogP contribution is -2.25. The van der Waals surface area contributed by atoms with Gasteiger partial charge in [-0.05, 0) is 18.1 Å². The molecule has 7 nitrogen and oxygen atoms in total. The molecule has 0 aliphatic carbocycles. The van der Waals surface area contributed by atoms with Crippen LogP contribution in [0.15, 0.2) is 18.3 Å². The first-order valence-electron chi connectivity index (χ1n) is 5.59. The summed E-state index contributed by atoms with van der Waals surface area (Å²) in [6.45, 7) is 2.39. The summed E-state index contributed by atoms with van der Waals surface area (Å²) < 4.78 is 0. The number of nitrogens with one attached hydrogen (secondary N) is 2. The molecule has 0 unspecified atom stereocenters. The highest BCUT2D eigenvalue weighted by atomic mass is 16.2. The molecule has 2 rings (SSSR count). The van der Waals surface area contributed by atoms with E-state index in [0.29, 0.717) is 6.54 Å². The number of hydrogen-bond acceptors (Lipinski definition) is 5. The molecule has 0 saturated carbocycles. The van der Waals surface area contributed by atoms with Crippen LogP contribution in [0.3, 0.4) is 0 Å². The zero-order valence-corrected chi connectivity index (χ0v) is 9.97. The number of pyridine rings is 1. The Labute approximate surface area is 104 Å². The second-order valence-corrected chi connectivity index (χ2v) is 3.69. The molecule has 2 heterocycles. The smallest absolute Gasteiger partial charge is 0.288 e. The van der Waals surface area contributed by atoms with E-state index in [1.54, 1.807) is 6.20 Å². The van der Waals surface area contributed by atoms with E-state index in [4.69, 9.17) is 5.73 Å². The molecule has 0 atom stereocenters. The molecule has 0 fully saturated rings. The number of carbonyl (C=O) groups excluding carboxylic acids is 1. The van der Waals surface area contributed by atoms with Crippen molar-refractivity contribution in [1.82, 2.24) is 25.5 Å². The lowest BCUT2D eigenvalue weighted by Gasteiger charge is -2.06. The highest BCUT2D eigenvalue weighted by molar-refractivity contribution is 5.90. The van der Waals surface area contributed by atoms with Gasteiger partial charge in [-0.2, -0.15) is 4.98 Å². The van der Waals surface area contributed by atoms with E-state index in [1.165, 1.54) is 0 Å². The molecular weight excluding hydrogens is 232 g/mol. The summed E-state index contributed by atoms with van der Waals surface area (Å²) in [5, 5.41) is 8.76. The van der Waals surface area contributed by atoms with Gasteiger partial charge in [-0.15, -0.1) is 5.10 Å². The lowest BCUT2D eigenvalue weighted by molar-refractivity contribution is 0.0940. The Kier molecular flexibility index (Phi) is 3.52. The molecule has 0 radical (unpaired) electrons. The number of carbonyl (C=O) groups is 1. The van der Waals surface area contributed by atoms with Crippen molar-refractivity contribution in [3.8, 4) is 0 Å². The molecule has 94 valence electrons. The molecule has 0 aromatic carbocycles. The molecule has 0 aliphatic heterocycles. The van der Waals surface area contributed by atoms with Crippen molar-refractivity contribution in [2.75, 3.05) is 5.73 Å². The van der Waals surface area contributed by atoms with Crippen molar-refractivity contribution >= 4 is 11.9 Å². The Morgan fingerprint density at radius 1 is 1.56 bits per heavy atom. The van der Waals surface area contributed by atoms with Crippen LogP contribution in [0.2, 0.25) is 0 Å². The topological polar surface area (TPSA) is 110 Å². The van der Waals surface area contributed by atoms with Gasteiger partial charge in [-0.25, -0.2) is 0 Å². The Morgan fingerprint density at radius 2 is 2.39 bits per heavy atom. The van der Waals surface area contributed by atoms with Crippen molar-refractivity contribution < 1.29 is 4.79 Å². The van der Waals surface area contributed by atoms with Crippen LogP contribution in [-0.2, 0) is 13.0 Å². The predicted octanol–water partition coefficient (Wildman–Crippen LogP) is 0.274. The van der Waals surface area contributed by atoms with Gasteiger partial charge in [0.15, 0.2) is 0 Å². The summed E-state index contributed by atoms with van der Waals surface area (Å²) in [6, 6.07) is 3.86. The standard InChI is InChI=1S/C11H14N6O/c1-2-7-4-3-5-13-8(7)6-14-10(18)9-15-11(12)17-16-9/h3-5H,2,6H2,1H3,(H,14,18)(H3,12,15,16,17). The Hall–Kier alpha value is -2.44. The SMILES string of the molecule is CCc1cccnc1CNC(=O)c1nc(N)n[nH]1. The van der Waals surface area contributed by atoms with Crippen LogP contribution in [0.5, 0.6) is 0 Å². The van der Waals surface area contributed by atoms with Crippen LogP contribution in [0, 0.1) is 0 Å². The fraction of sp³-hybridized carbons (Fsp3) is 0.273. The first-order valence-corrected chi connectivity index (χ1v) is 5.59. The third kappa shape index (κ3) is 2.62. The number of nitrogens with zero attached hydrogens (tertiary/aromatic N) is 3. The highest BCUT2D eigenvalue weighted by Crippen LogP contribution is 2.05. The fourth-order valence-corrected chi connectivity index (χ4v) is 1.58. The van der Waals surface area contributed by atoms with Crippen molar-refractivity contribution in [2.45, 2.75) is 19.9 Å². The maximum atomic E-state index is 11.7. The predicted molar refractivity (Wildman–Crippen MR) is 65.6 cm³/mol. The average Bonchev–Trinajstić information content (AvgIpc) is 2.83. The van der Waals surface area contributed by atoms with Gasteiger partial charge in [-0.1, -0.05) is 13.0 Å². The first kappa shape index (κ1) is 12.0. The summed E-state index contributed by atoms with van der Waals surface area (Å²) in [6.07, 6.45) is 2.57. The molecule has 0 bridgehead atoms. The number of nitrogens with two attached hydrogens (primary N) is 1. The summed E-state index contributed by atoms with van der Waals surface area (Å²) in [4.78, 5) is 19.7. The highest BCUT2D eigenvalue weighted by Gasteiger charge is 2.11. The van der Waals surface area contributed by atoms with Gasteiger partial charge in [0.1, 0.15) is 0 Å². The van der Waals surface area contributed by atoms with Gasteiger partial charge in [-0.3, -0.25) is 14.9 Å². The van der Waals surface area contributed by atoms with Crippen molar-refractivity contribution in [2.24, 2.45) is 0 Å². The van der Waals surface area contributed by atoms with Crippen molar-refractivity contribution in [3.05, 3.63) is 35.4 Å². The third-order valence-electron chi connectivity index (χ3n) is 2.50. The number of anilines is 1. The van der Waals surface area contributed by atoms with Gasteiger partial charge >= 0.3 is 0 Å². The molecule has 2 aromatic rings. The maximum Gasteiger partial charge on any atom is 0.288 e. The van der Waals surface area contributed by atoms with E-state index in [-0.39, 0.29) is 17.7 Å². The zero-order valence-electron chi connectivity index (χ0n) is 9.97. The van der Waals surface area contributed by atoms with E-state index in [0.717, 1.165) is 17.7 Å². The number of amides is 1. The number of H-pyrrole nitrogens is 1. The summed E-state index contributed by atoms with van der Waals surface area (Å²) >= 11 is 0. The molecule has 2 aromatic heterocycles. The monoisotopic (exact) mass is 246 g/mol. The largest absolute Gasteiger partial charge is 0.366 e. The fourth-order valence-electron chi connectivity index (χ4n) is 1.58. The number of aromatic amines is 1. The van der Waals surface area contributed by atoms with E-state index >= 15 is 0 Å². The molecule has 4 N–H and O–H groups in total. The lowest BCUT2D eigenvalue weighted by atomic mass is 10.1. The summed E-state index contributed by atoms with van der Waals surface area (Å²) in [5.74, 6) is -0.208. The van der Waals surface area contributed by atoms with Crippen LogP contribution in [-0.4, -0.2) is 26.1 Å². The van der Waals surface area contributed by atoms with Crippen LogP contribution in [0.4, 0.5) is 5.95 Å². The number of rotatable bonds is 4. The summed E-state index contributed by atoms with van der Waals surface area (Å²) in [5.41, 5.74) is 7.28. The Bertz CT molecular complexity index is 550. The molecule has 7 heteroatoms. The van der Waals surface area contributed by atoms with Gasteiger partial charge in [0.2, 0.25) is 11.8 Å². The van der Waals surface area contributed by atoms with E-state index in [1.807, 2.05) is 19.1 Å². The molecule has 0 spiro atoms. The number of nitrogen functional groups attached to an aromatic ring is 1. The second-order valence-electron chi connectivity index (χ2n) is 3.69. The van der Waals surface area contributed by atoms with Crippen LogP contribution in [0.1, 0.15) is 28.8 Å². The molecule has 0 saturated heterocycles. The van der Waals surface area contributed by atoms with E-state index < -0.39 is 0 Å². The molecule has 1 amide bonds. The zero-order chi connectivity index (χ0) is 13.0. The minimum atomic E-state index is -0.355. The second kappa shape index (κ2) is 5.26. The molecule has 0 aliphatic rings. The van der Waals surface area contributed by atoms with Crippen LogP contribution < -0.4 is 11.1 Å². The minimum absolute atomic E-state index is 0.0484. The van der Waals surface area contributed by atoms with Gasteiger partial charge in [0, 0.05) is 6.20 Å². The van der Waals surface area contributed by atoms with E-state index in [9.17, 15) is 4.79 Å². The number of aromatic nitrogens is 4. The average molecular weight is 246 g/mol. The van der Waals surface area contributed by atoms with Crippen molar-refractivity contribution in [1.29, 1.82) is 0 Å². The van der Waals surface area contributed by atoms with Gasteiger partial charge in [0.05, 0.1) is 12.2 Å². The Morgan fingerprint density at radius 3 is 3.06 bits per heavy atom. The van der Waals surface area contributed by atoms with Gasteiger partial charge in [0.25, 0.3) is 5.91 Å². The van der Waals surface area contributed by atoms with Gasteiger partial charge < -0.3 is 11.1 Å². The third-order valence-corrected chi connectivity index (χ3v) is 2.50. The van der Waals surface area contributed by atoms with Crippen molar-refractivity contribution in [3.63, 3.8) is 0 Å². The van der Waals surface area contributed by atoms with E-state index in [2.05, 4.69) is 25.5 Å². The Balaban J connectivity index is 2.01. The first-order chi connectivity index (χ1) is 8.70.